The molecule has 1 aromatic heterocycles. The van der Waals surface area contributed by atoms with E-state index in [-0.39, 0.29) is 0 Å². The lowest BCUT2D eigenvalue weighted by atomic mass is 10.1. The molecule has 1 saturated heterocycles. The van der Waals surface area contributed by atoms with Crippen molar-refractivity contribution >= 4 is 27.4 Å². The third kappa shape index (κ3) is 2.46. The molecule has 2 aromatic rings. The number of halogens is 1. The molecule has 0 amide bonds. The van der Waals surface area contributed by atoms with Crippen molar-refractivity contribution in [3.63, 3.8) is 0 Å². The number of nitrogens with two attached hydrogens (primary N) is 1. The van der Waals surface area contributed by atoms with Crippen LogP contribution >= 0.6 is 15.9 Å². The number of aromatic nitrogens is 2. The van der Waals surface area contributed by atoms with Gasteiger partial charge in [0, 0.05) is 23.1 Å². The molecule has 19 heavy (non-hydrogen) atoms. The van der Waals surface area contributed by atoms with Gasteiger partial charge in [-0.2, -0.15) is 5.10 Å². The number of nitrogens with zero attached hydrogens (tertiary/aromatic N) is 2. The van der Waals surface area contributed by atoms with Crippen molar-refractivity contribution in [2.24, 2.45) is 0 Å². The third-order valence-electron chi connectivity index (χ3n) is 3.28. The molecular formula is C13H15BrN4O. The fourth-order valence-corrected chi connectivity index (χ4v) is 2.89. The lowest BCUT2D eigenvalue weighted by molar-refractivity contribution is 0.122. The van der Waals surface area contributed by atoms with E-state index in [9.17, 15) is 0 Å². The molecule has 0 radical (unpaired) electrons. The van der Waals surface area contributed by atoms with Gasteiger partial charge in [0.15, 0.2) is 0 Å². The van der Waals surface area contributed by atoms with Crippen molar-refractivity contribution in [3.8, 4) is 11.1 Å². The highest BCUT2D eigenvalue weighted by atomic mass is 79.9. The van der Waals surface area contributed by atoms with Crippen molar-refractivity contribution < 1.29 is 4.74 Å². The van der Waals surface area contributed by atoms with E-state index in [1.54, 1.807) is 6.20 Å². The van der Waals surface area contributed by atoms with E-state index in [0.29, 0.717) is 5.82 Å². The zero-order valence-corrected chi connectivity index (χ0v) is 12.0. The van der Waals surface area contributed by atoms with Gasteiger partial charge >= 0.3 is 0 Å². The van der Waals surface area contributed by atoms with Crippen molar-refractivity contribution in [3.05, 3.63) is 28.9 Å². The lowest BCUT2D eigenvalue weighted by Gasteiger charge is -2.29. The maximum Gasteiger partial charge on any atom is 0.126 e. The summed E-state index contributed by atoms with van der Waals surface area (Å²) in [6.07, 6.45) is 1.74. The van der Waals surface area contributed by atoms with Crippen LogP contribution in [0.4, 0.5) is 11.5 Å². The molecule has 1 fully saturated rings. The van der Waals surface area contributed by atoms with Gasteiger partial charge in [0.2, 0.25) is 0 Å². The normalized spacial score (nSPS) is 15.7. The van der Waals surface area contributed by atoms with Crippen molar-refractivity contribution in [1.29, 1.82) is 0 Å². The topological polar surface area (TPSA) is 67.2 Å². The predicted octanol–water partition coefficient (Wildman–Crippen LogP) is 2.26. The average Bonchev–Trinajstić information content (AvgIpc) is 2.86. The first-order valence-electron chi connectivity index (χ1n) is 6.17. The van der Waals surface area contributed by atoms with Crippen LogP contribution in [-0.4, -0.2) is 36.5 Å². The second-order valence-corrected chi connectivity index (χ2v) is 5.32. The summed E-state index contributed by atoms with van der Waals surface area (Å²) in [5.74, 6) is 0.589. The van der Waals surface area contributed by atoms with Gasteiger partial charge in [0.1, 0.15) is 5.82 Å². The van der Waals surface area contributed by atoms with Crippen LogP contribution in [0.15, 0.2) is 28.9 Å². The number of morpholine rings is 1. The number of hydrogen-bond donors (Lipinski definition) is 2. The van der Waals surface area contributed by atoms with Gasteiger partial charge in [0.05, 0.1) is 25.1 Å². The number of aromatic amines is 1. The number of hydrogen-bond acceptors (Lipinski definition) is 4. The standard InChI is InChI=1S/C13H15BrN4O/c14-11-7-9(10-8-16-17-13(10)15)1-2-12(11)18-3-5-19-6-4-18/h1-2,7-8H,3-6H2,(H3,15,16,17). The summed E-state index contributed by atoms with van der Waals surface area (Å²) in [6, 6.07) is 6.25. The summed E-state index contributed by atoms with van der Waals surface area (Å²) in [7, 11) is 0. The Morgan fingerprint density at radius 2 is 2.11 bits per heavy atom. The predicted molar refractivity (Wildman–Crippen MR) is 79.2 cm³/mol. The Hall–Kier alpha value is -1.53. The minimum atomic E-state index is 0.589. The monoisotopic (exact) mass is 322 g/mol. The van der Waals surface area contributed by atoms with Crippen molar-refractivity contribution in [2.45, 2.75) is 0 Å². The molecule has 0 bridgehead atoms. The minimum absolute atomic E-state index is 0.589. The molecule has 6 heteroatoms. The molecule has 0 unspecified atom stereocenters. The fourth-order valence-electron chi connectivity index (χ4n) is 2.26. The molecule has 100 valence electrons. The van der Waals surface area contributed by atoms with Gasteiger partial charge < -0.3 is 15.4 Å². The molecule has 0 atom stereocenters. The Morgan fingerprint density at radius 1 is 1.32 bits per heavy atom. The largest absolute Gasteiger partial charge is 0.384 e. The van der Waals surface area contributed by atoms with Crippen LogP contribution in [0.25, 0.3) is 11.1 Å². The summed E-state index contributed by atoms with van der Waals surface area (Å²) in [4.78, 5) is 2.32. The van der Waals surface area contributed by atoms with Gasteiger partial charge in [-0.05, 0) is 33.6 Å². The zero-order chi connectivity index (χ0) is 13.2. The van der Waals surface area contributed by atoms with Crippen LogP contribution < -0.4 is 10.6 Å². The SMILES string of the molecule is Nc1[nH]ncc1-c1ccc(N2CCOCC2)c(Br)c1. The second kappa shape index (κ2) is 5.22. The summed E-state index contributed by atoms with van der Waals surface area (Å²) < 4.78 is 6.44. The fraction of sp³-hybridized carbons (Fsp3) is 0.308. The first-order valence-corrected chi connectivity index (χ1v) is 6.96. The molecule has 3 N–H and O–H groups in total. The summed E-state index contributed by atoms with van der Waals surface area (Å²) in [5, 5.41) is 6.70. The first kappa shape index (κ1) is 12.5. The highest BCUT2D eigenvalue weighted by Gasteiger charge is 2.15. The molecule has 1 aromatic carbocycles. The Kier molecular flexibility index (Phi) is 3.44. The number of rotatable bonds is 2. The summed E-state index contributed by atoms with van der Waals surface area (Å²) in [6.45, 7) is 3.41. The van der Waals surface area contributed by atoms with E-state index >= 15 is 0 Å². The van der Waals surface area contributed by atoms with Crippen molar-refractivity contribution in [2.75, 3.05) is 36.9 Å². The minimum Gasteiger partial charge on any atom is -0.384 e. The van der Waals surface area contributed by atoms with E-state index in [2.05, 4.69) is 49.2 Å². The number of nitrogens with one attached hydrogen (secondary N) is 1. The number of ether oxygens (including phenoxy) is 1. The molecule has 0 aliphatic carbocycles. The number of H-pyrrole nitrogens is 1. The molecule has 0 spiro atoms. The first-order chi connectivity index (χ1) is 9.25. The van der Waals surface area contributed by atoms with Crippen LogP contribution in [0.2, 0.25) is 0 Å². The molecule has 5 nitrogen and oxygen atoms in total. The van der Waals surface area contributed by atoms with Gasteiger partial charge in [-0.25, -0.2) is 0 Å². The van der Waals surface area contributed by atoms with Crippen LogP contribution in [0.5, 0.6) is 0 Å². The maximum absolute atomic E-state index is 5.84. The van der Waals surface area contributed by atoms with E-state index < -0.39 is 0 Å². The van der Waals surface area contributed by atoms with E-state index in [0.717, 1.165) is 41.9 Å². The molecule has 3 rings (SSSR count). The lowest BCUT2D eigenvalue weighted by Crippen LogP contribution is -2.36. The zero-order valence-electron chi connectivity index (χ0n) is 10.4. The third-order valence-corrected chi connectivity index (χ3v) is 3.91. The van der Waals surface area contributed by atoms with Gasteiger partial charge in [-0.3, -0.25) is 5.10 Å². The van der Waals surface area contributed by atoms with Crippen LogP contribution in [0.1, 0.15) is 0 Å². The Bertz CT molecular complexity index is 578. The van der Waals surface area contributed by atoms with Gasteiger partial charge in [-0.1, -0.05) is 6.07 Å². The summed E-state index contributed by atoms with van der Waals surface area (Å²) in [5.41, 5.74) is 9.01. The van der Waals surface area contributed by atoms with E-state index in [1.807, 2.05) is 0 Å². The van der Waals surface area contributed by atoms with Gasteiger partial charge in [-0.15, -0.1) is 0 Å². The molecule has 1 aliphatic heterocycles. The number of nitrogen functional groups attached to an aromatic ring is 1. The van der Waals surface area contributed by atoms with Crippen LogP contribution in [-0.2, 0) is 4.74 Å². The Balaban J connectivity index is 1.91. The van der Waals surface area contributed by atoms with Crippen LogP contribution in [0.3, 0.4) is 0 Å². The molecule has 0 saturated carbocycles. The second-order valence-electron chi connectivity index (χ2n) is 4.46. The molecule has 2 heterocycles. The van der Waals surface area contributed by atoms with Crippen molar-refractivity contribution in [1.82, 2.24) is 10.2 Å². The molecule has 1 aliphatic rings. The Morgan fingerprint density at radius 3 is 2.74 bits per heavy atom. The van der Waals surface area contributed by atoms with E-state index in [1.165, 1.54) is 5.69 Å². The smallest absolute Gasteiger partial charge is 0.126 e. The Labute approximate surface area is 119 Å². The highest BCUT2D eigenvalue weighted by molar-refractivity contribution is 9.10. The average molecular weight is 323 g/mol. The quantitative estimate of drug-likeness (QED) is 0.890. The maximum atomic E-state index is 5.84. The molecular weight excluding hydrogens is 308 g/mol. The number of anilines is 2. The number of benzene rings is 1. The highest BCUT2D eigenvalue weighted by Crippen LogP contribution is 2.33. The van der Waals surface area contributed by atoms with Gasteiger partial charge in [0.25, 0.3) is 0 Å². The van der Waals surface area contributed by atoms with Crippen LogP contribution in [0, 0.1) is 0 Å². The van der Waals surface area contributed by atoms with E-state index in [4.69, 9.17) is 10.5 Å². The summed E-state index contributed by atoms with van der Waals surface area (Å²) >= 11 is 3.64.